The van der Waals surface area contributed by atoms with Gasteiger partial charge in [-0.3, -0.25) is 4.90 Å². The summed E-state index contributed by atoms with van der Waals surface area (Å²) in [7, 11) is 1.21. The normalized spacial score (nSPS) is 16.3. The minimum Gasteiger partial charge on any atom is -0.465 e. The molecular weight excluding hydrogens is 322 g/mol. The zero-order valence-electron chi connectivity index (χ0n) is 12.3. The van der Waals surface area contributed by atoms with Crippen LogP contribution < -0.4 is 9.64 Å². The van der Waals surface area contributed by atoms with Crippen molar-refractivity contribution < 1.29 is 24.2 Å². The smallest absolute Gasteiger partial charge is 0.465 e. The highest BCUT2D eigenvalue weighted by Crippen LogP contribution is 2.45. The van der Waals surface area contributed by atoms with Crippen molar-refractivity contribution in [2.75, 3.05) is 24.4 Å². The largest absolute Gasteiger partial charge is 0.513 e. The summed E-state index contributed by atoms with van der Waals surface area (Å²) in [5, 5.41) is 10.9. The number of methoxy groups -OCH3 is 1. The van der Waals surface area contributed by atoms with Crippen molar-refractivity contribution in [1.82, 2.24) is 0 Å². The van der Waals surface area contributed by atoms with E-state index in [-0.39, 0.29) is 18.2 Å². The number of fused-ring (bicyclic) bond motifs is 3. The highest BCUT2D eigenvalue weighted by molar-refractivity contribution is 6.19. The standard InChI is InChI=1S/C16H14ClNO5/c1-22-16(21)23-13-6-12-14(11-5-3-2-4-10(11)13)9(7-17)8-18(12)15(19)20/h2-6,9H,7-8H2,1H3,(H,19,20)/t9-/m1/s1. The number of nitrogens with zero attached hydrogens (tertiary/aromatic N) is 1. The van der Waals surface area contributed by atoms with Crippen LogP contribution in [0.1, 0.15) is 11.5 Å². The number of benzene rings is 2. The van der Waals surface area contributed by atoms with Gasteiger partial charge in [0.15, 0.2) is 0 Å². The third kappa shape index (κ3) is 2.55. The van der Waals surface area contributed by atoms with Crippen molar-refractivity contribution in [3.05, 3.63) is 35.9 Å². The molecule has 23 heavy (non-hydrogen) atoms. The Balaban J connectivity index is 2.26. The predicted octanol–water partition coefficient (Wildman–Crippen LogP) is 3.81. The Morgan fingerprint density at radius 1 is 1.35 bits per heavy atom. The van der Waals surface area contributed by atoms with Crippen LogP contribution >= 0.6 is 11.6 Å². The lowest BCUT2D eigenvalue weighted by Gasteiger charge is -2.15. The van der Waals surface area contributed by atoms with Crippen molar-refractivity contribution in [3.8, 4) is 5.75 Å². The summed E-state index contributed by atoms with van der Waals surface area (Å²) >= 11 is 6.03. The molecule has 0 fully saturated rings. The first-order valence-electron chi connectivity index (χ1n) is 6.94. The van der Waals surface area contributed by atoms with Gasteiger partial charge >= 0.3 is 12.2 Å². The average Bonchev–Trinajstić information content (AvgIpc) is 2.93. The first-order chi connectivity index (χ1) is 11.1. The molecule has 7 heteroatoms. The molecule has 1 N–H and O–H groups in total. The molecule has 0 unspecified atom stereocenters. The number of halogens is 1. The number of amides is 1. The van der Waals surface area contributed by atoms with Gasteiger partial charge in [-0.2, -0.15) is 0 Å². The van der Waals surface area contributed by atoms with Crippen LogP contribution in [0.15, 0.2) is 30.3 Å². The first-order valence-corrected chi connectivity index (χ1v) is 7.48. The van der Waals surface area contributed by atoms with E-state index in [2.05, 4.69) is 4.74 Å². The highest BCUT2D eigenvalue weighted by Gasteiger charge is 2.34. The van der Waals surface area contributed by atoms with Crippen LogP contribution in [-0.4, -0.2) is 36.9 Å². The van der Waals surface area contributed by atoms with Gasteiger partial charge in [-0.1, -0.05) is 24.3 Å². The molecule has 3 rings (SSSR count). The van der Waals surface area contributed by atoms with E-state index in [1.54, 1.807) is 6.07 Å². The van der Waals surface area contributed by atoms with Crippen LogP contribution in [0.4, 0.5) is 15.3 Å². The fourth-order valence-electron chi connectivity index (χ4n) is 2.94. The molecule has 1 heterocycles. The first kappa shape index (κ1) is 15.4. The maximum Gasteiger partial charge on any atom is 0.513 e. The molecule has 1 amide bonds. The molecule has 2 aromatic rings. The van der Waals surface area contributed by atoms with E-state index in [1.807, 2.05) is 24.3 Å². The maximum atomic E-state index is 11.5. The van der Waals surface area contributed by atoms with E-state index in [9.17, 15) is 14.7 Å². The second-order valence-corrected chi connectivity index (χ2v) is 5.46. The molecule has 2 aromatic carbocycles. The summed E-state index contributed by atoms with van der Waals surface area (Å²) in [5.74, 6) is 0.449. The Hall–Kier alpha value is -2.47. The van der Waals surface area contributed by atoms with Crippen molar-refractivity contribution in [1.29, 1.82) is 0 Å². The topological polar surface area (TPSA) is 76.1 Å². The number of carbonyl (C=O) groups is 2. The molecular formula is C16H14ClNO5. The number of carboxylic acid groups (broad SMARTS) is 1. The fourth-order valence-corrected chi connectivity index (χ4v) is 3.19. The lowest BCUT2D eigenvalue weighted by molar-refractivity contribution is 0.122. The number of carbonyl (C=O) groups excluding carboxylic acids is 1. The Morgan fingerprint density at radius 2 is 2.04 bits per heavy atom. The highest BCUT2D eigenvalue weighted by atomic mass is 35.5. The van der Waals surface area contributed by atoms with Crippen LogP contribution in [0, 0.1) is 0 Å². The quantitative estimate of drug-likeness (QED) is 0.513. The molecule has 0 radical (unpaired) electrons. The van der Waals surface area contributed by atoms with Gasteiger partial charge in [-0.15, -0.1) is 11.6 Å². The lowest BCUT2D eigenvalue weighted by atomic mass is 9.95. The molecule has 1 atom stereocenters. The molecule has 1 aliphatic rings. The third-order valence-electron chi connectivity index (χ3n) is 3.91. The van der Waals surface area contributed by atoms with Gasteiger partial charge in [0.2, 0.25) is 0 Å². The Labute approximate surface area is 137 Å². The SMILES string of the molecule is COC(=O)Oc1cc2c(c3ccccc13)[C@H](CCl)CN2C(=O)O. The van der Waals surface area contributed by atoms with E-state index in [0.29, 0.717) is 17.0 Å². The molecule has 6 nitrogen and oxygen atoms in total. The fraction of sp³-hybridized carbons (Fsp3) is 0.250. The van der Waals surface area contributed by atoms with Crippen molar-refractivity contribution in [3.63, 3.8) is 0 Å². The second kappa shape index (κ2) is 5.96. The summed E-state index contributed by atoms with van der Waals surface area (Å²) in [5.41, 5.74) is 1.34. The van der Waals surface area contributed by atoms with E-state index >= 15 is 0 Å². The van der Waals surface area contributed by atoms with Gasteiger partial charge in [0.1, 0.15) is 5.75 Å². The molecule has 1 aliphatic heterocycles. The van der Waals surface area contributed by atoms with Gasteiger partial charge in [-0.25, -0.2) is 9.59 Å². The number of ether oxygens (including phenoxy) is 2. The van der Waals surface area contributed by atoms with Gasteiger partial charge < -0.3 is 14.6 Å². The summed E-state index contributed by atoms with van der Waals surface area (Å²) in [6, 6.07) is 8.89. The monoisotopic (exact) mass is 335 g/mol. The van der Waals surface area contributed by atoms with Crippen molar-refractivity contribution in [2.24, 2.45) is 0 Å². The van der Waals surface area contributed by atoms with Gasteiger partial charge in [0, 0.05) is 29.8 Å². The van der Waals surface area contributed by atoms with E-state index < -0.39 is 12.2 Å². The Kier molecular flexibility index (Phi) is 4.00. The van der Waals surface area contributed by atoms with E-state index in [4.69, 9.17) is 16.3 Å². The van der Waals surface area contributed by atoms with Crippen LogP contribution in [-0.2, 0) is 4.74 Å². The van der Waals surface area contributed by atoms with Crippen LogP contribution in [0.3, 0.4) is 0 Å². The minimum absolute atomic E-state index is 0.111. The van der Waals surface area contributed by atoms with Gasteiger partial charge in [-0.05, 0) is 10.9 Å². The number of anilines is 1. The number of alkyl halides is 1. The lowest BCUT2D eigenvalue weighted by Crippen LogP contribution is -2.28. The predicted molar refractivity (Wildman–Crippen MR) is 85.8 cm³/mol. The van der Waals surface area contributed by atoms with E-state index in [1.165, 1.54) is 12.0 Å². The molecule has 0 spiro atoms. The Bertz CT molecular complexity index is 791. The number of rotatable bonds is 2. The van der Waals surface area contributed by atoms with Crippen LogP contribution in [0.2, 0.25) is 0 Å². The molecule has 0 saturated carbocycles. The zero-order chi connectivity index (χ0) is 16.6. The molecule has 0 saturated heterocycles. The second-order valence-electron chi connectivity index (χ2n) is 5.15. The molecule has 0 aliphatic carbocycles. The third-order valence-corrected chi connectivity index (χ3v) is 4.28. The van der Waals surface area contributed by atoms with Gasteiger partial charge in [0.25, 0.3) is 0 Å². The molecule has 0 aromatic heterocycles. The average molecular weight is 336 g/mol. The van der Waals surface area contributed by atoms with Gasteiger partial charge in [0.05, 0.1) is 12.8 Å². The van der Waals surface area contributed by atoms with Crippen LogP contribution in [0.5, 0.6) is 5.75 Å². The van der Waals surface area contributed by atoms with Crippen molar-refractivity contribution >= 4 is 40.3 Å². The molecule has 120 valence electrons. The summed E-state index contributed by atoms with van der Waals surface area (Å²) < 4.78 is 9.71. The maximum absolute atomic E-state index is 11.5. The van der Waals surface area contributed by atoms with Crippen LogP contribution in [0.25, 0.3) is 10.8 Å². The van der Waals surface area contributed by atoms with E-state index in [0.717, 1.165) is 10.9 Å². The summed E-state index contributed by atoms with van der Waals surface area (Å²) in [6.45, 7) is 0.278. The Morgan fingerprint density at radius 3 is 2.65 bits per heavy atom. The van der Waals surface area contributed by atoms with Crippen molar-refractivity contribution in [2.45, 2.75) is 5.92 Å². The number of hydrogen-bond donors (Lipinski definition) is 1. The molecule has 0 bridgehead atoms. The summed E-state index contributed by atoms with van der Waals surface area (Å²) in [6.07, 6.45) is -1.93. The number of hydrogen-bond acceptors (Lipinski definition) is 4. The summed E-state index contributed by atoms with van der Waals surface area (Å²) in [4.78, 5) is 24.2. The minimum atomic E-state index is -1.07. The zero-order valence-corrected chi connectivity index (χ0v) is 13.0.